The van der Waals surface area contributed by atoms with E-state index in [1.54, 1.807) is 12.1 Å². The molecule has 1 aromatic heterocycles. The zero-order valence-corrected chi connectivity index (χ0v) is 13.9. The average Bonchev–Trinajstić information content (AvgIpc) is 2.55. The lowest BCUT2D eigenvalue weighted by Gasteiger charge is -2.20. The molecule has 0 aliphatic carbocycles. The lowest BCUT2D eigenvalue weighted by Crippen LogP contribution is -2.84. The summed E-state index contributed by atoms with van der Waals surface area (Å²) in [6.45, 7) is 5.07. The molecule has 124 valence electrons. The van der Waals surface area contributed by atoms with Crippen LogP contribution in [0.25, 0.3) is 11.0 Å². The number of fused-ring (bicyclic) bond motifs is 1. The zero-order chi connectivity index (χ0) is 17.1. The van der Waals surface area contributed by atoms with Gasteiger partial charge in [-0.25, -0.2) is 4.79 Å². The molecule has 1 heterocycles. The molecule has 1 atom stereocenters. The summed E-state index contributed by atoms with van der Waals surface area (Å²) in [4.78, 5) is 11.8. The van der Waals surface area contributed by atoms with Crippen molar-refractivity contribution in [3.8, 4) is 5.75 Å². The van der Waals surface area contributed by atoms with Crippen LogP contribution in [0.2, 0.25) is 0 Å². The van der Waals surface area contributed by atoms with Crippen molar-refractivity contribution in [2.24, 2.45) is 5.92 Å². The molecule has 0 saturated heterocycles. The van der Waals surface area contributed by atoms with E-state index in [-0.39, 0.29) is 5.75 Å². The molecule has 2 aromatic carbocycles. The molecule has 24 heavy (non-hydrogen) atoms. The van der Waals surface area contributed by atoms with E-state index in [2.05, 4.69) is 31.3 Å². The van der Waals surface area contributed by atoms with Crippen LogP contribution < -0.4 is 10.9 Å². The molecular weight excluding hydrogens is 302 g/mol. The molecular formula is C20H22NO3+. The predicted octanol–water partition coefficient (Wildman–Crippen LogP) is 2.96. The Morgan fingerprint density at radius 1 is 1.08 bits per heavy atom. The SMILES string of the molecule is CC(C)[C@@H]([NH2+]Cc1cc(=O)oc2cc(O)ccc12)c1ccccc1. The van der Waals surface area contributed by atoms with Crippen LogP contribution in [0.15, 0.2) is 63.8 Å². The molecule has 0 aliphatic rings. The highest BCUT2D eigenvalue weighted by atomic mass is 16.4. The van der Waals surface area contributed by atoms with E-state index in [1.807, 2.05) is 18.2 Å². The van der Waals surface area contributed by atoms with Crippen LogP contribution in [0.4, 0.5) is 0 Å². The lowest BCUT2D eigenvalue weighted by atomic mass is 9.95. The van der Waals surface area contributed by atoms with E-state index in [4.69, 9.17) is 4.42 Å². The molecule has 3 rings (SSSR count). The number of quaternary nitrogens is 1. The van der Waals surface area contributed by atoms with Gasteiger partial charge >= 0.3 is 5.63 Å². The van der Waals surface area contributed by atoms with Gasteiger partial charge in [0.1, 0.15) is 23.9 Å². The van der Waals surface area contributed by atoms with Gasteiger partial charge in [0.25, 0.3) is 0 Å². The van der Waals surface area contributed by atoms with Gasteiger partial charge in [0.05, 0.1) is 0 Å². The van der Waals surface area contributed by atoms with Crippen molar-refractivity contribution in [3.63, 3.8) is 0 Å². The maximum absolute atomic E-state index is 11.8. The number of hydrogen-bond donors (Lipinski definition) is 2. The Balaban J connectivity index is 1.90. The second-order valence-corrected chi connectivity index (χ2v) is 6.39. The highest BCUT2D eigenvalue weighted by Gasteiger charge is 2.19. The van der Waals surface area contributed by atoms with Gasteiger partial charge in [0.15, 0.2) is 0 Å². The number of hydrogen-bond acceptors (Lipinski definition) is 3. The summed E-state index contributed by atoms with van der Waals surface area (Å²) in [5.74, 6) is 0.555. The standard InChI is InChI=1S/C20H21NO3/c1-13(2)20(14-6-4-3-5-7-14)21-12-15-10-19(23)24-18-11-16(22)8-9-17(15)18/h3-11,13,20-22H,12H2,1-2H3/p+1/t20-/m1/s1. The van der Waals surface area contributed by atoms with E-state index in [1.165, 1.54) is 17.7 Å². The molecule has 0 bridgehead atoms. The maximum atomic E-state index is 11.8. The highest BCUT2D eigenvalue weighted by Crippen LogP contribution is 2.22. The van der Waals surface area contributed by atoms with E-state index >= 15 is 0 Å². The zero-order valence-electron chi connectivity index (χ0n) is 13.9. The van der Waals surface area contributed by atoms with Crippen molar-refractivity contribution in [1.29, 1.82) is 0 Å². The first-order valence-electron chi connectivity index (χ1n) is 8.18. The molecule has 0 unspecified atom stereocenters. The molecule has 4 nitrogen and oxygen atoms in total. The third-order valence-electron chi connectivity index (χ3n) is 4.31. The summed E-state index contributed by atoms with van der Waals surface area (Å²) >= 11 is 0. The molecule has 0 amide bonds. The first kappa shape index (κ1) is 16.3. The van der Waals surface area contributed by atoms with Gasteiger partial charge < -0.3 is 14.8 Å². The molecule has 3 N–H and O–H groups in total. The van der Waals surface area contributed by atoms with Crippen molar-refractivity contribution in [3.05, 3.63) is 76.1 Å². The van der Waals surface area contributed by atoms with Gasteiger partial charge in [-0.2, -0.15) is 0 Å². The topological polar surface area (TPSA) is 67.0 Å². The Kier molecular flexibility index (Phi) is 4.67. The third kappa shape index (κ3) is 3.49. The van der Waals surface area contributed by atoms with Crippen molar-refractivity contribution in [1.82, 2.24) is 0 Å². The van der Waals surface area contributed by atoms with Crippen LogP contribution in [0.3, 0.4) is 0 Å². The van der Waals surface area contributed by atoms with Crippen LogP contribution >= 0.6 is 0 Å². The maximum Gasteiger partial charge on any atom is 0.336 e. The van der Waals surface area contributed by atoms with Crippen LogP contribution in [0.1, 0.15) is 31.0 Å². The van der Waals surface area contributed by atoms with Gasteiger partial charge in [-0.15, -0.1) is 0 Å². The number of nitrogens with two attached hydrogens (primary N) is 1. The smallest absolute Gasteiger partial charge is 0.336 e. The quantitative estimate of drug-likeness (QED) is 0.709. The van der Waals surface area contributed by atoms with E-state index in [9.17, 15) is 9.90 Å². The largest absolute Gasteiger partial charge is 0.508 e. The number of benzene rings is 2. The molecule has 0 fully saturated rings. The molecule has 3 aromatic rings. The first-order chi connectivity index (χ1) is 11.5. The van der Waals surface area contributed by atoms with E-state index in [0.717, 1.165) is 10.9 Å². The lowest BCUT2D eigenvalue weighted by molar-refractivity contribution is -0.716. The Morgan fingerprint density at radius 2 is 1.83 bits per heavy atom. The summed E-state index contributed by atoms with van der Waals surface area (Å²) in [5, 5.41) is 12.7. The second kappa shape index (κ2) is 6.89. The second-order valence-electron chi connectivity index (χ2n) is 6.39. The van der Waals surface area contributed by atoms with Gasteiger partial charge in [-0.1, -0.05) is 44.2 Å². The number of phenols is 1. The molecule has 0 aliphatic heterocycles. The Bertz CT molecular complexity index is 884. The molecule has 0 saturated carbocycles. The van der Waals surface area contributed by atoms with Gasteiger partial charge in [0, 0.05) is 34.6 Å². The summed E-state index contributed by atoms with van der Waals surface area (Å²) < 4.78 is 5.19. The Morgan fingerprint density at radius 3 is 2.54 bits per heavy atom. The minimum absolute atomic E-state index is 0.0936. The summed E-state index contributed by atoms with van der Waals surface area (Å²) in [7, 11) is 0. The summed E-state index contributed by atoms with van der Waals surface area (Å²) in [6, 6.07) is 17.1. The Labute approximate surface area is 140 Å². The monoisotopic (exact) mass is 324 g/mol. The van der Waals surface area contributed by atoms with Gasteiger partial charge in [-0.3, -0.25) is 0 Å². The molecule has 0 radical (unpaired) electrons. The van der Waals surface area contributed by atoms with Gasteiger partial charge in [-0.05, 0) is 12.1 Å². The van der Waals surface area contributed by atoms with Crippen molar-refractivity contribution in [2.75, 3.05) is 0 Å². The fourth-order valence-electron chi connectivity index (χ4n) is 3.11. The minimum atomic E-state index is -0.391. The first-order valence-corrected chi connectivity index (χ1v) is 8.18. The molecule has 4 heteroatoms. The fraction of sp³-hybridized carbons (Fsp3) is 0.250. The predicted molar refractivity (Wildman–Crippen MR) is 93.8 cm³/mol. The minimum Gasteiger partial charge on any atom is -0.508 e. The van der Waals surface area contributed by atoms with Crippen LogP contribution in [-0.4, -0.2) is 5.11 Å². The van der Waals surface area contributed by atoms with Crippen LogP contribution in [0, 0.1) is 5.92 Å². The number of phenolic OH excluding ortho intramolecular Hbond substituents is 1. The normalized spacial score (nSPS) is 12.6. The number of rotatable bonds is 5. The summed E-state index contributed by atoms with van der Waals surface area (Å²) in [6.07, 6.45) is 0. The summed E-state index contributed by atoms with van der Waals surface area (Å²) in [5.41, 5.74) is 2.23. The Hall–Kier alpha value is -2.59. The van der Waals surface area contributed by atoms with E-state index < -0.39 is 5.63 Å². The van der Waals surface area contributed by atoms with Crippen LogP contribution in [-0.2, 0) is 6.54 Å². The molecule has 0 spiro atoms. The fourth-order valence-corrected chi connectivity index (χ4v) is 3.11. The number of aromatic hydroxyl groups is 1. The van der Waals surface area contributed by atoms with Gasteiger partial charge in [0.2, 0.25) is 0 Å². The van der Waals surface area contributed by atoms with E-state index in [0.29, 0.717) is 24.1 Å². The van der Waals surface area contributed by atoms with Crippen molar-refractivity contribution < 1.29 is 14.8 Å². The average molecular weight is 324 g/mol. The highest BCUT2D eigenvalue weighted by molar-refractivity contribution is 5.81. The third-order valence-corrected chi connectivity index (χ3v) is 4.31. The van der Waals surface area contributed by atoms with Crippen LogP contribution in [0.5, 0.6) is 5.75 Å². The van der Waals surface area contributed by atoms with Crippen molar-refractivity contribution in [2.45, 2.75) is 26.4 Å². The van der Waals surface area contributed by atoms with Crippen molar-refractivity contribution >= 4 is 11.0 Å².